The van der Waals surface area contributed by atoms with Crippen LogP contribution in [0.4, 0.5) is 5.82 Å². The Kier molecular flexibility index (Phi) is 4.45. The van der Waals surface area contributed by atoms with E-state index in [-0.39, 0.29) is 12.1 Å². The van der Waals surface area contributed by atoms with Gasteiger partial charge in [-0.3, -0.25) is 0 Å². The average molecular weight is 335 g/mol. The number of halogens is 2. The summed E-state index contributed by atoms with van der Waals surface area (Å²) in [6, 6.07) is 0. The predicted molar refractivity (Wildman–Crippen MR) is 75.8 cm³/mol. The van der Waals surface area contributed by atoms with Crippen LogP contribution in [-0.4, -0.2) is 27.2 Å². The molecule has 1 heterocycles. The van der Waals surface area contributed by atoms with Gasteiger partial charge in [0.15, 0.2) is 0 Å². The van der Waals surface area contributed by atoms with Crippen molar-refractivity contribution in [2.45, 2.75) is 38.1 Å². The number of aliphatic hydroxyl groups is 1. The zero-order valence-corrected chi connectivity index (χ0v) is 12.6. The Morgan fingerprint density at radius 1 is 1.50 bits per heavy atom. The molecule has 1 aliphatic carbocycles. The van der Waals surface area contributed by atoms with Gasteiger partial charge in [-0.2, -0.15) is 0 Å². The van der Waals surface area contributed by atoms with Gasteiger partial charge in [0.1, 0.15) is 17.3 Å². The van der Waals surface area contributed by atoms with Crippen LogP contribution >= 0.6 is 27.5 Å². The van der Waals surface area contributed by atoms with E-state index in [0.717, 1.165) is 31.6 Å². The van der Waals surface area contributed by atoms with E-state index in [4.69, 9.17) is 11.6 Å². The minimum Gasteiger partial charge on any atom is -0.394 e. The molecule has 0 radical (unpaired) electrons. The van der Waals surface area contributed by atoms with Crippen molar-refractivity contribution in [3.05, 3.63) is 16.0 Å². The number of aliphatic hydroxyl groups excluding tert-OH is 1. The van der Waals surface area contributed by atoms with E-state index in [1.54, 1.807) is 0 Å². The maximum absolute atomic E-state index is 9.70. The van der Waals surface area contributed by atoms with Crippen molar-refractivity contribution in [3.63, 3.8) is 0 Å². The molecule has 1 fully saturated rings. The first kappa shape index (κ1) is 14.0. The summed E-state index contributed by atoms with van der Waals surface area (Å²) in [5, 5.41) is 13.4. The summed E-state index contributed by atoms with van der Waals surface area (Å²) in [7, 11) is 0. The van der Waals surface area contributed by atoms with E-state index in [1.807, 2.05) is 0 Å². The molecule has 2 N–H and O–H groups in total. The van der Waals surface area contributed by atoms with Gasteiger partial charge in [0.05, 0.1) is 16.6 Å². The van der Waals surface area contributed by atoms with E-state index in [0.29, 0.717) is 15.4 Å². The first-order valence-corrected chi connectivity index (χ1v) is 7.28. The summed E-state index contributed by atoms with van der Waals surface area (Å²) in [4.78, 5) is 8.08. The van der Waals surface area contributed by atoms with Crippen molar-refractivity contribution in [3.8, 4) is 0 Å². The average Bonchev–Trinajstić information content (AvgIpc) is 2.38. The molecule has 2 rings (SSSR count). The van der Waals surface area contributed by atoms with E-state index in [9.17, 15) is 5.11 Å². The van der Waals surface area contributed by atoms with Crippen molar-refractivity contribution < 1.29 is 5.11 Å². The molecule has 100 valence electrons. The van der Waals surface area contributed by atoms with Crippen LogP contribution in [-0.2, 0) is 0 Å². The van der Waals surface area contributed by atoms with Gasteiger partial charge < -0.3 is 10.4 Å². The van der Waals surface area contributed by atoms with Gasteiger partial charge >= 0.3 is 0 Å². The lowest BCUT2D eigenvalue weighted by Gasteiger charge is -2.39. The number of nitrogens with zero attached hydrogens (tertiary/aromatic N) is 2. The Morgan fingerprint density at radius 2 is 2.17 bits per heavy atom. The fraction of sp³-hybridized carbons (Fsp3) is 0.667. The van der Waals surface area contributed by atoms with Crippen LogP contribution in [0.3, 0.4) is 0 Å². The Balaban J connectivity index is 2.17. The summed E-state index contributed by atoms with van der Waals surface area (Å²) in [6.45, 7) is 2.35. The lowest BCUT2D eigenvalue weighted by molar-refractivity contribution is 0.155. The van der Waals surface area contributed by atoms with E-state index >= 15 is 0 Å². The van der Waals surface area contributed by atoms with Crippen LogP contribution < -0.4 is 5.32 Å². The monoisotopic (exact) mass is 333 g/mol. The molecular weight excluding hydrogens is 318 g/mol. The Morgan fingerprint density at radius 3 is 2.78 bits per heavy atom. The highest BCUT2D eigenvalue weighted by Gasteiger charge is 2.34. The van der Waals surface area contributed by atoms with Gasteiger partial charge in [-0.05, 0) is 47.5 Å². The third-order valence-electron chi connectivity index (χ3n) is 3.66. The summed E-state index contributed by atoms with van der Waals surface area (Å²) < 4.78 is 0.651. The third kappa shape index (κ3) is 2.95. The van der Waals surface area contributed by atoms with E-state index in [1.165, 1.54) is 6.33 Å². The quantitative estimate of drug-likeness (QED) is 0.833. The molecule has 18 heavy (non-hydrogen) atoms. The van der Waals surface area contributed by atoms with Gasteiger partial charge in [-0.1, -0.05) is 18.5 Å². The largest absolute Gasteiger partial charge is 0.394 e. The van der Waals surface area contributed by atoms with E-state index in [2.05, 4.69) is 38.1 Å². The normalized spacial score (nSPS) is 28.1. The van der Waals surface area contributed by atoms with Crippen molar-refractivity contribution in [2.24, 2.45) is 5.92 Å². The van der Waals surface area contributed by atoms with Crippen molar-refractivity contribution in [2.75, 3.05) is 11.9 Å². The number of aromatic nitrogens is 2. The Labute approximate surface area is 120 Å². The van der Waals surface area contributed by atoms with Gasteiger partial charge in [0, 0.05) is 0 Å². The fourth-order valence-electron chi connectivity index (χ4n) is 2.32. The predicted octanol–water partition coefficient (Wildman–Crippen LogP) is 3.25. The van der Waals surface area contributed by atoms with Crippen LogP contribution in [0.15, 0.2) is 10.8 Å². The topological polar surface area (TPSA) is 58.0 Å². The Bertz CT molecular complexity index is 422. The highest BCUT2D eigenvalue weighted by Crippen LogP contribution is 2.36. The van der Waals surface area contributed by atoms with Crippen molar-refractivity contribution >= 4 is 33.3 Å². The minimum atomic E-state index is -0.285. The van der Waals surface area contributed by atoms with Gasteiger partial charge in [0.25, 0.3) is 0 Å². The van der Waals surface area contributed by atoms with E-state index < -0.39 is 0 Å². The molecule has 6 heteroatoms. The van der Waals surface area contributed by atoms with Crippen molar-refractivity contribution in [1.29, 1.82) is 0 Å². The second-order valence-electron chi connectivity index (χ2n) is 5.07. The van der Waals surface area contributed by atoms with Crippen LogP contribution in [0.2, 0.25) is 5.15 Å². The Hall–Kier alpha value is -0.390. The maximum atomic E-state index is 9.70. The lowest BCUT2D eigenvalue weighted by Crippen LogP contribution is -2.45. The molecule has 0 unspecified atom stereocenters. The third-order valence-corrected chi connectivity index (χ3v) is 4.93. The zero-order valence-electron chi connectivity index (χ0n) is 10.3. The number of hydrogen-bond donors (Lipinski definition) is 2. The van der Waals surface area contributed by atoms with Crippen LogP contribution in [0.5, 0.6) is 0 Å². The van der Waals surface area contributed by atoms with Gasteiger partial charge in [-0.25, -0.2) is 9.97 Å². The molecule has 1 aromatic rings. The number of hydrogen-bond acceptors (Lipinski definition) is 4. The summed E-state index contributed by atoms with van der Waals surface area (Å²) in [5.74, 6) is 1.38. The van der Waals surface area contributed by atoms with Gasteiger partial charge in [-0.15, -0.1) is 0 Å². The molecule has 1 saturated carbocycles. The van der Waals surface area contributed by atoms with Crippen molar-refractivity contribution in [1.82, 2.24) is 9.97 Å². The molecule has 0 saturated heterocycles. The zero-order chi connectivity index (χ0) is 13.2. The number of anilines is 1. The minimum absolute atomic E-state index is 0.105. The molecule has 0 aliphatic heterocycles. The number of rotatable bonds is 3. The van der Waals surface area contributed by atoms with Crippen LogP contribution in [0.25, 0.3) is 0 Å². The maximum Gasteiger partial charge on any atom is 0.148 e. The fourth-order valence-corrected chi connectivity index (χ4v) is 2.76. The molecule has 0 spiro atoms. The molecule has 1 aliphatic rings. The standard InChI is InChI=1S/C12H17BrClN3O/c1-8-2-4-12(6-18,5-3-8)17-11-9(13)10(14)15-7-16-11/h7-8,18H,2-6H2,1H3,(H,15,16,17). The van der Waals surface area contributed by atoms with Gasteiger partial charge in [0.2, 0.25) is 0 Å². The molecule has 0 atom stereocenters. The molecule has 1 aromatic heterocycles. The van der Waals surface area contributed by atoms with Crippen LogP contribution in [0, 0.1) is 5.92 Å². The summed E-state index contributed by atoms with van der Waals surface area (Å²) in [5.41, 5.74) is -0.285. The SMILES string of the molecule is CC1CCC(CO)(Nc2ncnc(Cl)c2Br)CC1. The first-order chi connectivity index (χ1) is 8.56. The smallest absolute Gasteiger partial charge is 0.148 e. The molecule has 4 nitrogen and oxygen atoms in total. The molecule has 0 aromatic carbocycles. The summed E-state index contributed by atoms with van der Waals surface area (Å²) >= 11 is 9.31. The first-order valence-electron chi connectivity index (χ1n) is 6.11. The lowest BCUT2D eigenvalue weighted by atomic mass is 9.77. The summed E-state index contributed by atoms with van der Waals surface area (Å²) in [6.07, 6.45) is 5.54. The second-order valence-corrected chi connectivity index (χ2v) is 6.22. The molecular formula is C12H17BrClN3O. The highest BCUT2D eigenvalue weighted by atomic mass is 79.9. The molecule has 0 bridgehead atoms. The van der Waals surface area contributed by atoms with Crippen LogP contribution in [0.1, 0.15) is 32.6 Å². The number of nitrogens with one attached hydrogen (secondary N) is 1. The second kappa shape index (κ2) is 5.72. The highest BCUT2D eigenvalue weighted by molar-refractivity contribution is 9.10. The molecule has 0 amide bonds.